The SMILES string of the molecule is CC(C)=CCC/C(C)=C/CC/C(C)=C/CC/C(C)=C/CC/C(C)=C/CC/C(C)=C/CC/C(C)=C/CC/C(C)=C/CC/C(C)=C/CC/C(C)=C/CNCc1ccc(C)cc1.Cl. The van der Waals surface area contributed by atoms with Crippen molar-refractivity contribution in [3.63, 3.8) is 0 Å². The van der Waals surface area contributed by atoms with Crippen LogP contribution >= 0.6 is 12.4 Å². The molecule has 1 rings (SSSR count). The number of hydrogen-bond acceptors (Lipinski definition) is 1. The van der Waals surface area contributed by atoms with Gasteiger partial charge in [-0.1, -0.05) is 146 Å². The van der Waals surface area contributed by atoms with Crippen molar-refractivity contribution in [2.24, 2.45) is 0 Å². The maximum Gasteiger partial charge on any atom is 0.0208 e. The lowest BCUT2D eigenvalue weighted by Gasteiger charge is -2.05. The van der Waals surface area contributed by atoms with Crippen molar-refractivity contribution in [3.8, 4) is 0 Å². The molecule has 1 N–H and O–H groups in total. The van der Waals surface area contributed by atoms with Gasteiger partial charge < -0.3 is 5.32 Å². The first-order valence-electron chi connectivity index (χ1n) is 23.5. The van der Waals surface area contributed by atoms with E-state index in [9.17, 15) is 0 Å². The average Bonchev–Trinajstić information content (AvgIpc) is 3.17. The molecule has 0 saturated heterocycles. The highest BCUT2D eigenvalue weighted by atomic mass is 35.5. The molecule has 0 aliphatic rings. The van der Waals surface area contributed by atoms with Crippen molar-refractivity contribution in [1.29, 1.82) is 0 Å². The fourth-order valence-corrected chi connectivity index (χ4v) is 7.05. The summed E-state index contributed by atoms with van der Waals surface area (Å²) in [6.07, 6.45) is 45.3. The van der Waals surface area contributed by atoms with Crippen LogP contribution in [0.2, 0.25) is 0 Å². The Morgan fingerprint density at radius 1 is 0.350 bits per heavy atom. The van der Waals surface area contributed by atoms with Crippen molar-refractivity contribution < 1.29 is 0 Å². The number of rotatable bonds is 31. The molecule has 0 fully saturated rings. The molecule has 0 saturated carbocycles. The summed E-state index contributed by atoms with van der Waals surface area (Å²) in [6.45, 7) is 29.0. The highest BCUT2D eigenvalue weighted by Crippen LogP contribution is 2.18. The van der Waals surface area contributed by atoms with Gasteiger partial charge in [0, 0.05) is 13.1 Å². The highest BCUT2D eigenvalue weighted by Gasteiger charge is 1.98. The molecular weight excluding hydrogens is 746 g/mol. The van der Waals surface area contributed by atoms with E-state index in [2.05, 4.69) is 173 Å². The number of aryl methyl sites for hydroxylation is 1. The van der Waals surface area contributed by atoms with E-state index < -0.39 is 0 Å². The van der Waals surface area contributed by atoms with Crippen LogP contribution in [0.3, 0.4) is 0 Å². The number of benzene rings is 1. The van der Waals surface area contributed by atoms with Crippen molar-refractivity contribution >= 4 is 12.4 Å². The molecule has 0 atom stereocenters. The first kappa shape index (κ1) is 56.9. The Labute approximate surface area is 379 Å². The lowest BCUT2D eigenvalue weighted by Crippen LogP contribution is -2.13. The summed E-state index contributed by atoms with van der Waals surface area (Å²) in [7, 11) is 0. The Hall–Kier alpha value is -3.13. The van der Waals surface area contributed by atoms with Gasteiger partial charge in [-0.15, -0.1) is 12.4 Å². The van der Waals surface area contributed by atoms with E-state index in [1.54, 1.807) is 0 Å². The minimum absolute atomic E-state index is 0. The molecule has 0 radical (unpaired) electrons. The predicted octanol–water partition coefficient (Wildman–Crippen LogP) is 19.0. The van der Waals surface area contributed by atoms with Gasteiger partial charge in [0.25, 0.3) is 0 Å². The minimum atomic E-state index is 0. The predicted molar refractivity (Wildman–Crippen MR) is 276 cm³/mol. The molecule has 1 nitrogen and oxygen atoms in total. The van der Waals surface area contributed by atoms with E-state index in [1.165, 1.54) is 131 Å². The standard InChI is InChI=1S/C58H91N.ClH/c1-47(2)22-13-23-48(3)24-14-25-49(4)26-15-27-50(5)28-16-29-51(6)30-17-31-52(7)32-18-33-53(8)34-19-35-54(9)36-20-37-55(10)38-21-39-56(11)44-45-59-46-58-42-40-57(12)41-43-58;/h22,24,26,28,30,32,34,36,38,40-44,59H,13-21,23,25,27,29,31,33,35,37,39,45-46H2,1-12H3;1H/b48-24+,49-26+,50-28+,51-30+,52-32+,53-34+,54-36+,55-38+,56-44+;. The molecule has 0 spiro atoms. The third kappa shape index (κ3) is 34.6. The van der Waals surface area contributed by atoms with Crippen LogP contribution in [-0.4, -0.2) is 6.54 Å². The summed E-state index contributed by atoms with van der Waals surface area (Å²) in [4.78, 5) is 0. The average molecular weight is 839 g/mol. The lowest BCUT2D eigenvalue weighted by atomic mass is 10.0. The van der Waals surface area contributed by atoms with Gasteiger partial charge in [-0.2, -0.15) is 0 Å². The van der Waals surface area contributed by atoms with E-state index >= 15 is 0 Å². The summed E-state index contributed by atoms with van der Waals surface area (Å²) in [5.41, 5.74) is 17.8. The second-order valence-electron chi connectivity index (χ2n) is 18.2. The fourth-order valence-electron chi connectivity index (χ4n) is 7.05. The van der Waals surface area contributed by atoms with E-state index in [4.69, 9.17) is 0 Å². The van der Waals surface area contributed by atoms with Crippen molar-refractivity contribution in [1.82, 2.24) is 5.32 Å². The van der Waals surface area contributed by atoms with Crippen LogP contribution in [0.4, 0.5) is 0 Å². The molecule has 0 amide bonds. The van der Waals surface area contributed by atoms with E-state index in [0.29, 0.717) is 0 Å². The van der Waals surface area contributed by atoms with Gasteiger partial charge in [-0.05, 0) is 204 Å². The molecule has 0 bridgehead atoms. The van der Waals surface area contributed by atoms with E-state index in [1.807, 2.05) is 0 Å². The summed E-state index contributed by atoms with van der Waals surface area (Å²) in [5.74, 6) is 0. The van der Waals surface area contributed by atoms with Crippen LogP contribution in [-0.2, 0) is 6.54 Å². The normalized spacial score (nSPS) is 14.2. The van der Waals surface area contributed by atoms with E-state index in [-0.39, 0.29) is 12.4 Å². The van der Waals surface area contributed by atoms with Crippen LogP contribution in [0.5, 0.6) is 0 Å². The summed E-state index contributed by atoms with van der Waals surface area (Å²) < 4.78 is 0. The molecule has 1 aromatic rings. The zero-order valence-corrected chi connectivity index (χ0v) is 41.9. The van der Waals surface area contributed by atoms with Crippen LogP contribution < -0.4 is 5.32 Å². The maximum absolute atomic E-state index is 3.54. The van der Waals surface area contributed by atoms with E-state index in [0.717, 1.165) is 64.5 Å². The summed E-state index contributed by atoms with van der Waals surface area (Å²) in [5, 5.41) is 3.54. The fraction of sp³-hybridized carbons (Fsp3) is 0.552. The Morgan fingerprint density at radius 3 is 0.833 bits per heavy atom. The number of halogens is 1. The number of allylic oxidation sites excluding steroid dienone is 19. The molecule has 0 aromatic heterocycles. The third-order valence-corrected chi connectivity index (χ3v) is 11.4. The van der Waals surface area contributed by atoms with Gasteiger partial charge in [0.1, 0.15) is 0 Å². The molecule has 0 unspecified atom stereocenters. The minimum Gasteiger partial charge on any atom is -0.309 e. The first-order valence-corrected chi connectivity index (χ1v) is 23.5. The quantitative estimate of drug-likeness (QED) is 0.0580. The Morgan fingerprint density at radius 2 is 0.583 bits per heavy atom. The van der Waals surface area contributed by atoms with Gasteiger partial charge in [0.2, 0.25) is 0 Å². The smallest absolute Gasteiger partial charge is 0.0208 e. The van der Waals surface area contributed by atoms with Crippen molar-refractivity contribution in [3.05, 3.63) is 152 Å². The second-order valence-corrected chi connectivity index (χ2v) is 18.2. The van der Waals surface area contributed by atoms with Gasteiger partial charge in [0.15, 0.2) is 0 Å². The third-order valence-electron chi connectivity index (χ3n) is 11.4. The number of nitrogens with one attached hydrogen (secondary N) is 1. The molecule has 0 aliphatic heterocycles. The monoisotopic (exact) mass is 838 g/mol. The first-order chi connectivity index (χ1) is 28.2. The molecular formula is C58H92ClN. The molecule has 0 aliphatic carbocycles. The largest absolute Gasteiger partial charge is 0.309 e. The zero-order valence-electron chi connectivity index (χ0n) is 41.1. The maximum atomic E-state index is 3.54. The van der Waals surface area contributed by atoms with Crippen molar-refractivity contribution in [2.75, 3.05) is 6.54 Å². The van der Waals surface area contributed by atoms with Crippen LogP contribution in [0, 0.1) is 6.92 Å². The Balaban J connectivity index is 0.0000348. The molecule has 336 valence electrons. The molecule has 60 heavy (non-hydrogen) atoms. The van der Waals surface area contributed by atoms with Crippen LogP contribution in [0.15, 0.2) is 141 Å². The highest BCUT2D eigenvalue weighted by molar-refractivity contribution is 5.85. The Kier molecular flexibility index (Phi) is 34.6. The van der Waals surface area contributed by atoms with Crippen LogP contribution in [0.25, 0.3) is 0 Å². The topological polar surface area (TPSA) is 12.0 Å². The second kappa shape index (κ2) is 36.5. The molecule has 2 heteroatoms. The Bertz CT molecular complexity index is 1620. The van der Waals surface area contributed by atoms with Crippen molar-refractivity contribution in [2.45, 2.75) is 205 Å². The van der Waals surface area contributed by atoms with Crippen LogP contribution in [0.1, 0.15) is 203 Å². The van der Waals surface area contributed by atoms with Gasteiger partial charge in [0.05, 0.1) is 0 Å². The van der Waals surface area contributed by atoms with Gasteiger partial charge in [-0.25, -0.2) is 0 Å². The van der Waals surface area contributed by atoms with Gasteiger partial charge >= 0.3 is 0 Å². The van der Waals surface area contributed by atoms with Gasteiger partial charge in [-0.3, -0.25) is 0 Å². The molecule has 1 aromatic carbocycles. The lowest BCUT2D eigenvalue weighted by molar-refractivity contribution is 0.753. The summed E-state index contributed by atoms with van der Waals surface area (Å²) in [6, 6.07) is 8.79. The molecule has 0 heterocycles. The zero-order chi connectivity index (χ0) is 43.7. The number of hydrogen-bond donors (Lipinski definition) is 1. The summed E-state index contributed by atoms with van der Waals surface area (Å²) >= 11 is 0.